The fourth-order valence-corrected chi connectivity index (χ4v) is 7.26. The van der Waals surface area contributed by atoms with Gasteiger partial charge in [-0.15, -0.1) is 40.0 Å². The smallest absolute Gasteiger partial charge is 0.353 e. The fourth-order valence-electron chi connectivity index (χ4n) is 3.07. The van der Waals surface area contributed by atoms with Gasteiger partial charge in [0.15, 0.2) is 10.8 Å². The van der Waals surface area contributed by atoms with Gasteiger partial charge >= 0.3 is 5.97 Å². The van der Waals surface area contributed by atoms with E-state index >= 15 is 0 Å². The van der Waals surface area contributed by atoms with Crippen LogP contribution in [0.2, 0.25) is 0 Å². The van der Waals surface area contributed by atoms with Crippen LogP contribution in [0.4, 0.5) is 5.13 Å². The summed E-state index contributed by atoms with van der Waals surface area (Å²) in [6, 6.07) is -0.967. The van der Waals surface area contributed by atoms with Crippen LogP contribution < -0.4 is 11.1 Å². The Morgan fingerprint density at radius 2 is 2.21 bits per heavy atom. The first-order valence-corrected chi connectivity index (χ1v) is 13.0. The summed E-state index contributed by atoms with van der Waals surface area (Å²) in [7, 11) is 1.70. The Hall–Kier alpha value is -2.76. The number of nitrogens with zero attached hydrogens (tertiary/aromatic N) is 6. The second kappa shape index (κ2) is 9.62. The summed E-state index contributed by atoms with van der Waals surface area (Å²) in [5.41, 5.74) is 5.14. The molecule has 0 radical (unpaired) electrons. The number of oxime groups is 1. The molecule has 1 fully saturated rings. The lowest BCUT2D eigenvalue weighted by atomic mass is 10.0. The molecule has 5 N–H and O–H groups in total. The van der Waals surface area contributed by atoms with Crippen LogP contribution in [-0.2, 0) is 21.4 Å². The van der Waals surface area contributed by atoms with E-state index in [0.717, 1.165) is 11.3 Å². The first-order valence-electron chi connectivity index (χ1n) is 9.07. The number of aryl methyl sites for hydroxylation is 1. The Bertz CT molecular complexity index is 1180. The average Bonchev–Trinajstić information content (AvgIpc) is 3.39. The molecule has 2 atom stereocenters. The second-order valence-corrected chi connectivity index (χ2v) is 11.0. The van der Waals surface area contributed by atoms with E-state index in [1.165, 1.54) is 50.4 Å². The van der Waals surface area contributed by atoms with Crippen LogP contribution in [-0.4, -0.2) is 80.9 Å². The van der Waals surface area contributed by atoms with Crippen LogP contribution in [0.3, 0.4) is 0 Å². The summed E-state index contributed by atoms with van der Waals surface area (Å²) >= 11 is 5.12. The molecule has 0 bridgehead atoms. The number of nitrogens with two attached hydrogens (primary N) is 1. The number of carboxylic acid groups (broad SMARTS) is 1. The number of hydrogen-bond acceptors (Lipinski definition) is 13. The molecule has 174 valence electrons. The van der Waals surface area contributed by atoms with Crippen molar-refractivity contribution in [2.24, 2.45) is 12.2 Å². The SMILES string of the molecule is Cn1ncc(SCSC2=C(C(=O)O)N3C(=O)[C@@H](NC(=O)/C(=N\O)c4csc(N)n4)[C@@H]3SC2)n1. The Kier molecular flexibility index (Phi) is 6.82. The van der Waals surface area contributed by atoms with Crippen LogP contribution in [0, 0.1) is 0 Å². The number of carbonyl (C=O) groups is 3. The normalized spacial score (nSPS) is 20.5. The van der Waals surface area contributed by atoms with E-state index in [1.54, 1.807) is 13.2 Å². The van der Waals surface area contributed by atoms with Crippen LogP contribution in [0.5, 0.6) is 0 Å². The lowest BCUT2D eigenvalue weighted by Crippen LogP contribution is -2.71. The van der Waals surface area contributed by atoms with Crippen molar-refractivity contribution in [3.05, 3.63) is 27.9 Å². The van der Waals surface area contributed by atoms with Crippen molar-refractivity contribution in [3.63, 3.8) is 0 Å². The molecule has 13 nitrogen and oxygen atoms in total. The number of hydrogen-bond donors (Lipinski definition) is 4. The molecule has 2 aliphatic rings. The van der Waals surface area contributed by atoms with Crippen LogP contribution in [0.1, 0.15) is 5.69 Å². The van der Waals surface area contributed by atoms with Crippen molar-refractivity contribution < 1.29 is 24.7 Å². The molecule has 2 aromatic heterocycles. The van der Waals surface area contributed by atoms with Crippen molar-refractivity contribution in [1.29, 1.82) is 0 Å². The Labute approximate surface area is 202 Å². The van der Waals surface area contributed by atoms with E-state index in [-0.39, 0.29) is 22.2 Å². The molecule has 0 unspecified atom stereocenters. The number of rotatable bonds is 8. The molecule has 2 aliphatic heterocycles. The first kappa shape index (κ1) is 23.4. The molecule has 0 aliphatic carbocycles. The molecule has 0 saturated carbocycles. The number of thiazole rings is 1. The van der Waals surface area contributed by atoms with Crippen molar-refractivity contribution in [2.75, 3.05) is 16.6 Å². The number of aliphatic carboxylic acids is 1. The minimum atomic E-state index is -1.22. The van der Waals surface area contributed by atoms with Crippen molar-refractivity contribution >= 4 is 75.2 Å². The molecule has 33 heavy (non-hydrogen) atoms. The second-order valence-electron chi connectivity index (χ2n) is 6.54. The van der Waals surface area contributed by atoms with E-state index < -0.39 is 29.2 Å². The highest BCUT2D eigenvalue weighted by atomic mass is 32.2. The Morgan fingerprint density at radius 3 is 2.82 bits per heavy atom. The molecule has 2 aromatic rings. The lowest BCUT2D eigenvalue weighted by molar-refractivity contribution is -0.150. The maximum Gasteiger partial charge on any atom is 0.353 e. The summed E-state index contributed by atoms with van der Waals surface area (Å²) in [4.78, 5) is 44.3. The van der Waals surface area contributed by atoms with E-state index in [9.17, 15) is 24.7 Å². The molecule has 1 saturated heterocycles. The molecule has 0 aromatic carbocycles. The van der Waals surface area contributed by atoms with Gasteiger partial charge in [0, 0.05) is 23.1 Å². The molecule has 2 amide bonds. The van der Waals surface area contributed by atoms with Crippen LogP contribution >= 0.6 is 46.6 Å². The quantitative estimate of drug-likeness (QED) is 0.0911. The largest absolute Gasteiger partial charge is 0.477 e. The number of carbonyl (C=O) groups excluding carboxylic acids is 2. The monoisotopic (exact) mass is 528 g/mol. The van der Waals surface area contributed by atoms with E-state index in [2.05, 4.69) is 25.7 Å². The molecular weight excluding hydrogens is 512 g/mol. The third kappa shape index (κ3) is 4.66. The van der Waals surface area contributed by atoms with Gasteiger partial charge in [-0.3, -0.25) is 14.5 Å². The fraction of sp³-hybridized carbons (Fsp3) is 0.312. The standard InChI is InChI=1S/C16H16N8O5S4/c1-23-18-2-8(21-23)33-5-32-7-4-30-14-10(13(26)24(14)11(7)15(27)28)20-12(25)9(22-29)6-3-31-16(17)19-6/h2-3,10,14,29H,4-5H2,1H3,(H2,17,19)(H,20,25)(H,27,28)/b22-9-/t10-,14+/m1/s1. The third-order valence-electron chi connectivity index (χ3n) is 4.52. The number of fused-ring (bicyclic) bond motifs is 1. The van der Waals surface area contributed by atoms with Crippen molar-refractivity contribution in [3.8, 4) is 0 Å². The minimum absolute atomic E-state index is 0.0721. The van der Waals surface area contributed by atoms with E-state index in [0.29, 0.717) is 20.8 Å². The van der Waals surface area contributed by atoms with Crippen molar-refractivity contribution in [2.45, 2.75) is 16.4 Å². The Morgan fingerprint density at radius 1 is 1.42 bits per heavy atom. The van der Waals surface area contributed by atoms with Gasteiger partial charge in [-0.05, 0) is 0 Å². The highest BCUT2D eigenvalue weighted by molar-refractivity contribution is 8.18. The molecule has 4 rings (SSSR count). The van der Waals surface area contributed by atoms with Crippen LogP contribution in [0.15, 0.2) is 32.4 Å². The van der Waals surface area contributed by atoms with Crippen molar-refractivity contribution in [1.82, 2.24) is 30.2 Å². The van der Waals surface area contributed by atoms with Crippen LogP contribution in [0.25, 0.3) is 0 Å². The van der Waals surface area contributed by atoms with Gasteiger partial charge in [-0.1, -0.05) is 16.9 Å². The summed E-state index contributed by atoms with van der Waals surface area (Å²) in [6.45, 7) is 0. The topological polar surface area (TPSA) is 189 Å². The van der Waals surface area contributed by atoms with Gasteiger partial charge in [0.1, 0.15) is 27.8 Å². The number of anilines is 1. The van der Waals surface area contributed by atoms with Gasteiger partial charge in [0.25, 0.3) is 11.8 Å². The number of carboxylic acids is 1. The molecular formula is C16H16N8O5S4. The lowest BCUT2D eigenvalue weighted by Gasteiger charge is -2.49. The van der Waals surface area contributed by atoms with E-state index in [4.69, 9.17) is 5.73 Å². The number of amides is 2. The van der Waals surface area contributed by atoms with Gasteiger partial charge in [-0.25, -0.2) is 9.78 Å². The van der Waals surface area contributed by atoms with E-state index in [1.807, 2.05) is 0 Å². The highest BCUT2D eigenvalue weighted by Gasteiger charge is 2.54. The third-order valence-corrected chi connectivity index (χ3v) is 8.77. The molecule has 4 heterocycles. The van der Waals surface area contributed by atoms with Gasteiger partial charge < -0.3 is 21.4 Å². The zero-order valence-electron chi connectivity index (χ0n) is 16.7. The predicted octanol–water partition coefficient (Wildman–Crippen LogP) is 0.211. The van der Waals surface area contributed by atoms with Gasteiger partial charge in [0.05, 0.1) is 11.3 Å². The zero-order valence-corrected chi connectivity index (χ0v) is 20.0. The predicted molar refractivity (Wildman–Crippen MR) is 124 cm³/mol. The average molecular weight is 529 g/mol. The maximum atomic E-state index is 12.8. The summed E-state index contributed by atoms with van der Waals surface area (Å²) in [6.07, 6.45) is 1.61. The first-order chi connectivity index (χ1) is 15.8. The van der Waals surface area contributed by atoms with Gasteiger partial charge in [-0.2, -0.15) is 9.90 Å². The molecule has 17 heteroatoms. The minimum Gasteiger partial charge on any atom is -0.477 e. The summed E-state index contributed by atoms with van der Waals surface area (Å²) < 4.78 is 0. The number of thioether (sulfide) groups is 3. The summed E-state index contributed by atoms with van der Waals surface area (Å²) in [5, 5.41) is 34.8. The number of nitrogen functional groups attached to an aromatic ring is 1. The summed E-state index contributed by atoms with van der Waals surface area (Å²) in [5.74, 6) is -2.24. The molecule has 0 spiro atoms. The number of aromatic nitrogens is 4. The number of β-lactam (4-membered cyclic amide) rings is 1. The Balaban J connectivity index is 1.43. The van der Waals surface area contributed by atoms with Gasteiger partial charge in [0.2, 0.25) is 0 Å². The maximum absolute atomic E-state index is 12.8. The number of nitrogens with one attached hydrogen (secondary N) is 1. The highest BCUT2D eigenvalue weighted by Crippen LogP contribution is 2.44. The zero-order chi connectivity index (χ0) is 23.7.